The van der Waals surface area contributed by atoms with E-state index in [4.69, 9.17) is 4.74 Å². The topological polar surface area (TPSA) is 39.2 Å². The number of pyridine rings is 1. The van der Waals surface area contributed by atoms with Gasteiger partial charge in [-0.1, -0.05) is 36.4 Å². The summed E-state index contributed by atoms with van der Waals surface area (Å²) >= 11 is 0. The lowest BCUT2D eigenvalue weighted by Gasteiger charge is -2.02. The fraction of sp³-hybridized carbons (Fsp3) is 0.263. The van der Waals surface area contributed by atoms with Gasteiger partial charge in [0.25, 0.3) is 0 Å². The molecule has 1 aromatic heterocycles. The van der Waals surface area contributed by atoms with Crippen LogP contribution in [0.4, 0.5) is 0 Å². The molecular formula is C19H21NO2. The number of hydrogen-bond donors (Lipinski definition) is 0. The maximum absolute atomic E-state index is 11.5. The second kappa shape index (κ2) is 8.90. The van der Waals surface area contributed by atoms with E-state index in [-0.39, 0.29) is 12.4 Å². The van der Waals surface area contributed by atoms with Crippen LogP contribution in [0.1, 0.15) is 23.6 Å². The molecule has 1 aromatic carbocycles. The van der Waals surface area contributed by atoms with Gasteiger partial charge in [-0.25, -0.2) is 0 Å². The number of carbonyl (C=O) groups excluding carboxylic acids is 1. The second-order valence-corrected chi connectivity index (χ2v) is 5.04. The van der Waals surface area contributed by atoms with Gasteiger partial charge >= 0.3 is 0 Å². The zero-order chi connectivity index (χ0) is 15.6. The molecule has 0 spiro atoms. The molecule has 0 unspecified atom stereocenters. The second-order valence-electron chi connectivity index (χ2n) is 5.04. The van der Waals surface area contributed by atoms with E-state index in [0.29, 0.717) is 6.61 Å². The molecule has 0 saturated carbocycles. The predicted octanol–water partition coefficient (Wildman–Crippen LogP) is 3.49. The minimum Gasteiger partial charge on any atom is -0.374 e. The molecule has 0 bridgehead atoms. The van der Waals surface area contributed by atoms with E-state index in [1.807, 2.05) is 37.4 Å². The Morgan fingerprint density at radius 1 is 1.14 bits per heavy atom. The number of aromatic nitrogens is 1. The van der Waals surface area contributed by atoms with Gasteiger partial charge < -0.3 is 4.74 Å². The van der Waals surface area contributed by atoms with Gasteiger partial charge in [-0.3, -0.25) is 9.78 Å². The highest BCUT2D eigenvalue weighted by atomic mass is 16.5. The summed E-state index contributed by atoms with van der Waals surface area (Å²) in [5.41, 5.74) is 3.55. The van der Waals surface area contributed by atoms with Gasteiger partial charge in [-0.15, -0.1) is 0 Å². The molecule has 2 rings (SSSR count). The highest BCUT2D eigenvalue weighted by molar-refractivity contribution is 5.94. The van der Waals surface area contributed by atoms with Gasteiger partial charge in [0, 0.05) is 19.0 Å². The van der Waals surface area contributed by atoms with Crippen LogP contribution >= 0.6 is 0 Å². The minimum absolute atomic E-state index is 0.0116. The third kappa shape index (κ3) is 5.62. The summed E-state index contributed by atoms with van der Waals surface area (Å²) in [6.07, 6.45) is 9.06. The van der Waals surface area contributed by atoms with E-state index in [1.165, 1.54) is 11.1 Å². The number of benzene rings is 1. The van der Waals surface area contributed by atoms with Crippen LogP contribution in [-0.2, 0) is 22.4 Å². The zero-order valence-electron chi connectivity index (χ0n) is 12.9. The number of carbonyl (C=O) groups is 1. The van der Waals surface area contributed by atoms with E-state index in [2.05, 4.69) is 23.2 Å². The van der Waals surface area contributed by atoms with Crippen molar-refractivity contribution in [1.82, 2.24) is 4.98 Å². The van der Waals surface area contributed by atoms with Crippen molar-refractivity contribution in [2.24, 2.45) is 0 Å². The van der Waals surface area contributed by atoms with Crippen LogP contribution in [0.2, 0.25) is 0 Å². The first-order valence-electron chi connectivity index (χ1n) is 7.54. The van der Waals surface area contributed by atoms with Crippen molar-refractivity contribution in [2.45, 2.75) is 19.8 Å². The average molecular weight is 295 g/mol. The van der Waals surface area contributed by atoms with Crippen LogP contribution in [0, 0.1) is 0 Å². The van der Waals surface area contributed by atoms with Crippen LogP contribution in [0.25, 0.3) is 6.08 Å². The summed E-state index contributed by atoms with van der Waals surface area (Å²) in [6, 6.07) is 12.3. The summed E-state index contributed by atoms with van der Waals surface area (Å²) in [5.74, 6) is -0.0116. The SMILES string of the molecule is CCOCC(=O)C=Cc1ccc(CCc2cccnc2)cc1. The van der Waals surface area contributed by atoms with Crippen LogP contribution in [0.3, 0.4) is 0 Å². The molecule has 2 aromatic rings. The lowest BCUT2D eigenvalue weighted by atomic mass is 10.0. The maximum atomic E-state index is 11.5. The number of rotatable bonds is 8. The first-order valence-corrected chi connectivity index (χ1v) is 7.54. The monoisotopic (exact) mass is 295 g/mol. The van der Waals surface area contributed by atoms with E-state index < -0.39 is 0 Å². The molecule has 0 amide bonds. The molecule has 0 N–H and O–H groups in total. The molecule has 114 valence electrons. The molecule has 0 aliphatic rings. The Labute approximate surface area is 131 Å². The van der Waals surface area contributed by atoms with Gasteiger partial charge in [0.05, 0.1) is 0 Å². The number of ketones is 1. The van der Waals surface area contributed by atoms with E-state index in [9.17, 15) is 4.79 Å². The third-order valence-electron chi connectivity index (χ3n) is 3.31. The van der Waals surface area contributed by atoms with Gasteiger partial charge in [0.15, 0.2) is 5.78 Å². The van der Waals surface area contributed by atoms with Crippen molar-refractivity contribution in [3.05, 3.63) is 71.6 Å². The average Bonchev–Trinajstić information content (AvgIpc) is 2.58. The van der Waals surface area contributed by atoms with Crippen molar-refractivity contribution in [1.29, 1.82) is 0 Å². The quantitative estimate of drug-likeness (QED) is 0.700. The number of ether oxygens (including phenoxy) is 1. The minimum atomic E-state index is -0.0116. The molecule has 0 atom stereocenters. The molecule has 1 heterocycles. The standard InChI is InChI=1S/C19H21NO2/c1-2-22-15-19(21)12-11-17-7-5-16(6-8-17)9-10-18-4-3-13-20-14-18/h3-8,11-14H,2,9-10,15H2,1H3. The highest BCUT2D eigenvalue weighted by Crippen LogP contribution is 2.09. The number of aryl methyl sites for hydroxylation is 2. The number of hydrogen-bond acceptors (Lipinski definition) is 3. The van der Waals surface area contributed by atoms with Crippen molar-refractivity contribution in [3.63, 3.8) is 0 Å². The van der Waals surface area contributed by atoms with Gasteiger partial charge in [0.2, 0.25) is 0 Å². The Balaban J connectivity index is 1.85. The molecule has 0 aliphatic heterocycles. The van der Waals surface area contributed by atoms with Crippen LogP contribution in [0.5, 0.6) is 0 Å². The fourth-order valence-corrected chi connectivity index (χ4v) is 2.07. The lowest BCUT2D eigenvalue weighted by molar-refractivity contribution is -0.118. The summed E-state index contributed by atoms with van der Waals surface area (Å²) < 4.78 is 5.07. The fourth-order valence-electron chi connectivity index (χ4n) is 2.07. The summed E-state index contributed by atoms with van der Waals surface area (Å²) in [4.78, 5) is 15.6. The van der Waals surface area contributed by atoms with Gasteiger partial charge in [-0.2, -0.15) is 0 Å². The van der Waals surface area contributed by atoms with Crippen LogP contribution in [0.15, 0.2) is 54.9 Å². The zero-order valence-corrected chi connectivity index (χ0v) is 12.9. The summed E-state index contributed by atoms with van der Waals surface area (Å²) in [6.45, 7) is 2.59. The van der Waals surface area contributed by atoms with Crippen LogP contribution in [-0.4, -0.2) is 24.0 Å². The molecule has 0 radical (unpaired) electrons. The molecule has 0 fully saturated rings. The van der Waals surface area contributed by atoms with Gasteiger partial charge in [0.1, 0.15) is 6.61 Å². The van der Waals surface area contributed by atoms with Gasteiger partial charge in [-0.05, 0) is 48.6 Å². The molecule has 0 saturated heterocycles. The molecular weight excluding hydrogens is 274 g/mol. The Morgan fingerprint density at radius 3 is 2.59 bits per heavy atom. The molecule has 3 heteroatoms. The van der Waals surface area contributed by atoms with Crippen molar-refractivity contribution in [2.75, 3.05) is 13.2 Å². The molecule has 3 nitrogen and oxygen atoms in total. The third-order valence-corrected chi connectivity index (χ3v) is 3.31. The highest BCUT2D eigenvalue weighted by Gasteiger charge is 1.98. The van der Waals surface area contributed by atoms with Crippen molar-refractivity contribution in [3.8, 4) is 0 Å². The lowest BCUT2D eigenvalue weighted by Crippen LogP contribution is -2.04. The van der Waals surface area contributed by atoms with E-state index in [0.717, 1.165) is 18.4 Å². The van der Waals surface area contributed by atoms with Crippen molar-refractivity contribution >= 4 is 11.9 Å². The first kappa shape index (κ1) is 16.1. The number of nitrogens with zero attached hydrogens (tertiary/aromatic N) is 1. The predicted molar refractivity (Wildman–Crippen MR) is 88.6 cm³/mol. The first-order chi connectivity index (χ1) is 10.8. The van der Waals surface area contributed by atoms with E-state index >= 15 is 0 Å². The molecule has 22 heavy (non-hydrogen) atoms. The Morgan fingerprint density at radius 2 is 1.91 bits per heavy atom. The maximum Gasteiger partial charge on any atom is 0.181 e. The Bertz CT molecular complexity index is 603. The molecule has 0 aliphatic carbocycles. The summed E-state index contributed by atoms with van der Waals surface area (Å²) in [5, 5.41) is 0. The Hall–Kier alpha value is -2.26. The van der Waals surface area contributed by atoms with Crippen LogP contribution < -0.4 is 0 Å². The van der Waals surface area contributed by atoms with Crippen molar-refractivity contribution < 1.29 is 9.53 Å². The normalized spacial score (nSPS) is 11.0. The largest absolute Gasteiger partial charge is 0.374 e. The Kier molecular flexibility index (Phi) is 6.52. The smallest absolute Gasteiger partial charge is 0.181 e. The van der Waals surface area contributed by atoms with E-state index in [1.54, 1.807) is 12.3 Å². The summed E-state index contributed by atoms with van der Waals surface area (Å²) in [7, 11) is 0.